The van der Waals surface area contributed by atoms with Crippen LogP contribution in [0.4, 0.5) is 0 Å². The second-order valence-corrected chi connectivity index (χ2v) is 8.12. The van der Waals surface area contributed by atoms with Crippen molar-refractivity contribution >= 4 is 11.8 Å². The number of benzene rings is 2. The van der Waals surface area contributed by atoms with Gasteiger partial charge in [0.05, 0.1) is 19.8 Å². The molecule has 2 aromatic carbocycles. The van der Waals surface area contributed by atoms with Crippen LogP contribution in [0.5, 0.6) is 11.5 Å². The van der Waals surface area contributed by atoms with Crippen molar-refractivity contribution in [2.24, 2.45) is 0 Å². The Morgan fingerprint density at radius 1 is 0.606 bits per heavy atom. The number of Topliss-reactive ketones (excluding diaryl/α,β-unsaturated/α-hetero) is 1. The van der Waals surface area contributed by atoms with E-state index in [1.807, 2.05) is 30.3 Å². The number of unbranched alkanes of at least 4 members (excludes halogenated alkanes) is 9. The summed E-state index contributed by atoms with van der Waals surface area (Å²) in [7, 11) is 0. The van der Waals surface area contributed by atoms with E-state index >= 15 is 0 Å². The van der Waals surface area contributed by atoms with Crippen LogP contribution in [0.3, 0.4) is 0 Å². The fourth-order valence-electron chi connectivity index (χ4n) is 3.53. The Morgan fingerprint density at radius 2 is 1.06 bits per heavy atom. The van der Waals surface area contributed by atoms with Crippen molar-refractivity contribution in [3.05, 3.63) is 60.2 Å². The molecule has 0 saturated heterocycles. The summed E-state index contributed by atoms with van der Waals surface area (Å²) in [4.78, 5) is 23.3. The SMILES string of the molecule is CCOC(=O)C(=O)c1ccc(OCCCCCCCCCCCCOc2ccccc2)cc1. The van der Waals surface area contributed by atoms with Gasteiger partial charge in [-0.2, -0.15) is 0 Å². The zero-order valence-corrected chi connectivity index (χ0v) is 19.9. The predicted molar refractivity (Wildman–Crippen MR) is 131 cm³/mol. The smallest absolute Gasteiger partial charge is 0.379 e. The van der Waals surface area contributed by atoms with Crippen molar-refractivity contribution < 1.29 is 23.8 Å². The molecule has 0 spiro atoms. The van der Waals surface area contributed by atoms with E-state index in [1.54, 1.807) is 31.2 Å². The molecule has 0 N–H and O–H groups in total. The molecule has 0 aromatic heterocycles. The lowest BCUT2D eigenvalue weighted by Crippen LogP contribution is -2.17. The molecule has 0 aliphatic carbocycles. The van der Waals surface area contributed by atoms with Crippen LogP contribution in [0, 0.1) is 0 Å². The Bertz CT molecular complexity index is 786. The summed E-state index contributed by atoms with van der Waals surface area (Å²) < 4.78 is 16.2. The van der Waals surface area contributed by atoms with Crippen molar-refractivity contribution in [1.82, 2.24) is 0 Å². The minimum atomic E-state index is -0.820. The fourth-order valence-corrected chi connectivity index (χ4v) is 3.53. The van der Waals surface area contributed by atoms with Crippen molar-refractivity contribution in [2.45, 2.75) is 71.1 Å². The fraction of sp³-hybridized carbons (Fsp3) is 0.500. The summed E-state index contributed by atoms with van der Waals surface area (Å²) in [5.41, 5.74) is 0.321. The van der Waals surface area contributed by atoms with E-state index in [9.17, 15) is 9.59 Å². The van der Waals surface area contributed by atoms with Gasteiger partial charge in [-0.15, -0.1) is 0 Å². The number of rotatable bonds is 18. The normalized spacial score (nSPS) is 10.6. The second kappa shape index (κ2) is 16.8. The molecule has 0 aliphatic rings. The zero-order valence-electron chi connectivity index (χ0n) is 19.9. The number of hydrogen-bond acceptors (Lipinski definition) is 5. The summed E-state index contributed by atoms with van der Waals surface area (Å²) in [6.07, 6.45) is 12.3. The van der Waals surface area contributed by atoms with Gasteiger partial charge in [0, 0.05) is 5.56 Å². The van der Waals surface area contributed by atoms with Gasteiger partial charge in [0.2, 0.25) is 0 Å². The number of ether oxygens (including phenoxy) is 3. The van der Waals surface area contributed by atoms with E-state index in [-0.39, 0.29) is 6.61 Å². The zero-order chi connectivity index (χ0) is 23.6. The highest BCUT2D eigenvalue weighted by Crippen LogP contribution is 2.15. The third-order valence-electron chi connectivity index (χ3n) is 5.40. The maximum Gasteiger partial charge on any atom is 0.379 e. The van der Waals surface area contributed by atoms with Crippen LogP contribution in [0.1, 0.15) is 81.5 Å². The minimum Gasteiger partial charge on any atom is -0.494 e. The molecule has 0 bridgehead atoms. The quantitative estimate of drug-likeness (QED) is 0.107. The molecule has 5 nitrogen and oxygen atoms in total. The van der Waals surface area contributed by atoms with E-state index < -0.39 is 11.8 Å². The summed E-state index contributed by atoms with van der Waals surface area (Å²) in [6, 6.07) is 16.7. The molecule has 0 unspecified atom stereocenters. The highest BCUT2D eigenvalue weighted by molar-refractivity contribution is 6.40. The number of ketones is 1. The average Bonchev–Trinajstić information content (AvgIpc) is 2.85. The molecular weight excluding hydrogens is 416 g/mol. The first-order valence-electron chi connectivity index (χ1n) is 12.3. The minimum absolute atomic E-state index is 0.192. The molecule has 33 heavy (non-hydrogen) atoms. The van der Waals surface area contributed by atoms with E-state index in [4.69, 9.17) is 14.2 Å². The van der Waals surface area contributed by atoms with Crippen LogP contribution < -0.4 is 9.47 Å². The molecule has 0 radical (unpaired) electrons. The Morgan fingerprint density at radius 3 is 1.55 bits per heavy atom. The van der Waals surface area contributed by atoms with Crippen LogP contribution in [0.15, 0.2) is 54.6 Å². The molecule has 0 aliphatic heterocycles. The summed E-state index contributed by atoms with van der Waals surface area (Å²) in [5, 5.41) is 0. The molecule has 0 fully saturated rings. The molecule has 180 valence electrons. The first-order valence-corrected chi connectivity index (χ1v) is 12.3. The Kier molecular flexibility index (Phi) is 13.4. The topological polar surface area (TPSA) is 61.8 Å². The Labute approximate surface area is 198 Å². The first-order chi connectivity index (χ1) is 16.2. The molecule has 2 aromatic rings. The monoisotopic (exact) mass is 454 g/mol. The van der Waals surface area contributed by atoms with Crippen LogP contribution in [-0.2, 0) is 9.53 Å². The van der Waals surface area contributed by atoms with Crippen molar-refractivity contribution in [3.8, 4) is 11.5 Å². The maximum absolute atomic E-state index is 11.9. The maximum atomic E-state index is 11.9. The largest absolute Gasteiger partial charge is 0.494 e. The lowest BCUT2D eigenvalue weighted by atomic mass is 10.1. The lowest BCUT2D eigenvalue weighted by molar-refractivity contribution is -0.137. The van der Waals surface area contributed by atoms with Crippen LogP contribution in [0.25, 0.3) is 0 Å². The van der Waals surface area contributed by atoms with Gasteiger partial charge in [0.15, 0.2) is 0 Å². The standard InChI is InChI=1S/C28H38O5/c1-2-31-28(30)27(29)24-18-20-26(21-19-24)33-23-15-10-8-6-4-3-5-7-9-14-22-32-25-16-12-11-13-17-25/h11-13,16-21H,2-10,14-15,22-23H2,1H3. The van der Waals surface area contributed by atoms with Gasteiger partial charge in [-0.05, 0) is 56.2 Å². The van der Waals surface area contributed by atoms with Crippen LogP contribution >= 0.6 is 0 Å². The molecule has 2 rings (SSSR count). The van der Waals surface area contributed by atoms with Crippen LogP contribution in [0.2, 0.25) is 0 Å². The average molecular weight is 455 g/mol. The third kappa shape index (κ3) is 11.6. The molecule has 5 heteroatoms. The Hall–Kier alpha value is -2.82. The molecule has 0 heterocycles. The number of hydrogen-bond donors (Lipinski definition) is 0. The second-order valence-electron chi connectivity index (χ2n) is 8.12. The van der Waals surface area contributed by atoms with Gasteiger partial charge in [0.25, 0.3) is 5.78 Å². The van der Waals surface area contributed by atoms with Gasteiger partial charge < -0.3 is 14.2 Å². The van der Waals surface area contributed by atoms with Crippen LogP contribution in [-0.4, -0.2) is 31.6 Å². The van der Waals surface area contributed by atoms with Crippen molar-refractivity contribution in [1.29, 1.82) is 0 Å². The summed E-state index contributed by atoms with van der Waals surface area (Å²) >= 11 is 0. The van der Waals surface area contributed by atoms with E-state index in [0.717, 1.165) is 31.6 Å². The first kappa shape index (κ1) is 26.4. The predicted octanol–water partition coefficient (Wildman–Crippen LogP) is 6.79. The molecule has 0 atom stereocenters. The van der Waals surface area contributed by atoms with E-state index in [1.165, 1.54) is 44.9 Å². The molecule has 0 amide bonds. The number of para-hydroxylation sites is 1. The van der Waals surface area contributed by atoms with Gasteiger partial charge in [0.1, 0.15) is 11.5 Å². The lowest BCUT2D eigenvalue weighted by Gasteiger charge is -2.07. The highest BCUT2D eigenvalue weighted by Gasteiger charge is 2.17. The van der Waals surface area contributed by atoms with Gasteiger partial charge in [-0.3, -0.25) is 4.79 Å². The van der Waals surface area contributed by atoms with Gasteiger partial charge >= 0.3 is 5.97 Å². The number of carbonyl (C=O) groups excluding carboxylic acids is 2. The van der Waals surface area contributed by atoms with E-state index in [2.05, 4.69) is 0 Å². The van der Waals surface area contributed by atoms with Crippen molar-refractivity contribution in [3.63, 3.8) is 0 Å². The summed E-state index contributed by atoms with van der Waals surface area (Å²) in [5.74, 6) is 0.230. The van der Waals surface area contributed by atoms with Gasteiger partial charge in [-0.1, -0.05) is 69.6 Å². The Balaban J connectivity index is 1.38. The summed E-state index contributed by atoms with van der Waals surface area (Å²) in [6.45, 7) is 3.34. The molecular formula is C28H38O5. The van der Waals surface area contributed by atoms with E-state index in [0.29, 0.717) is 17.9 Å². The van der Waals surface area contributed by atoms with Crippen molar-refractivity contribution in [2.75, 3.05) is 19.8 Å². The third-order valence-corrected chi connectivity index (χ3v) is 5.40. The number of esters is 1. The highest BCUT2D eigenvalue weighted by atomic mass is 16.5. The molecule has 0 saturated carbocycles. The number of carbonyl (C=O) groups is 2. The van der Waals surface area contributed by atoms with Gasteiger partial charge in [-0.25, -0.2) is 4.79 Å².